The summed E-state index contributed by atoms with van der Waals surface area (Å²) in [7, 11) is 0. The molecule has 22 heavy (non-hydrogen) atoms. The first kappa shape index (κ1) is 16.0. The van der Waals surface area contributed by atoms with Gasteiger partial charge in [-0.25, -0.2) is 0 Å². The fourth-order valence-corrected chi connectivity index (χ4v) is 9.50. The fraction of sp³-hybridized carbons (Fsp3) is 1.00. The minimum Gasteiger partial charge on any atom is -0.0887 e. The second-order valence-electron chi connectivity index (χ2n) is 9.72. The van der Waals surface area contributed by atoms with E-state index in [9.17, 15) is 0 Å². The van der Waals surface area contributed by atoms with Crippen LogP contribution in [0.25, 0.3) is 0 Å². The molecule has 4 rings (SSSR count). The van der Waals surface area contributed by atoms with Crippen LogP contribution in [-0.2, 0) is 0 Å². The van der Waals surface area contributed by atoms with Crippen molar-refractivity contribution in [1.29, 1.82) is 0 Å². The molecule has 1 heteroatoms. The van der Waals surface area contributed by atoms with Crippen LogP contribution < -0.4 is 0 Å². The Labute approximate surface area is 146 Å². The molecule has 4 saturated carbocycles. The average molecular weight is 367 g/mol. The molecule has 0 spiro atoms. The zero-order valence-corrected chi connectivity index (χ0v) is 16.5. The van der Waals surface area contributed by atoms with Gasteiger partial charge in [0.1, 0.15) is 0 Å². The number of hydrogen-bond acceptors (Lipinski definition) is 0. The summed E-state index contributed by atoms with van der Waals surface area (Å²) in [5.74, 6) is 5.07. The van der Waals surface area contributed by atoms with Gasteiger partial charge in [-0.2, -0.15) is 0 Å². The molecule has 0 saturated heterocycles. The Morgan fingerprint density at radius 3 is 2.55 bits per heavy atom. The molecule has 0 bridgehead atoms. The standard InChI is InChI=1S/C21H35Br/c1-4-14-13-18(22)19-16-9-8-15-7-5-6-11-20(15,2)17(16)10-12-21(14,19)3/h14-19H,4-13H2,1-3H3/t14-,15?,16+,17-,18?,19+,20-,21+/m0/s1. The van der Waals surface area contributed by atoms with E-state index in [0.717, 1.165) is 34.4 Å². The summed E-state index contributed by atoms with van der Waals surface area (Å²) in [6, 6.07) is 0. The molecule has 8 atom stereocenters. The molecule has 4 fully saturated rings. The first-order valence-electron chi connectivity index (χ1n) is 10.1. The average Bonchev–Trinajstić information content (AvgIpc) is 2.77. The Bertz CT molecular complexity index is 432. The minimum absolute atomic E-state index is 0.641. The van der Waals surface area contributed by atoms with Crippen LogP contribution in [0.5, 0.6) is 0 Å². The molecule has 0 nitrogen and oxygen atoms in total. The highest BCUT2D eigenvalue weighted by Crippen LogP contribution is 2.68. The highest BCUT2D eigenvalue weighted by Gasteiger charge is 2.61. The zero-order valence-electron chi connectivity index (χ0n) is 14.9. The normalized spacial score (nSPS) is 57.8. The van der Waals surface area contributed by atoms with E-state index in [1.54, 1.807) is 19.3 Å². The fourth-order valence-electron chi connectivity index (χ4n) is 8.05. The predicted octanol–water partition coefficient (Wildman–Crippen LogP) is 6.82. The van der Waals surface area contributed by atoms with Gasteiger partial charge in [0.25, 0.3) is 0 Å². The van der Waals surface area contributed by atoms with E-state index < -0.39 is 0 Å². The van der Waals surface area contributed by atoms with Crippen molar-refractivity contribution in [1.82, 2.24) is 0 Å². The zero-order chi connectivity index (χ0) is 15.5. The van der Waals surface area contributed by atoms with Crippen LogP contribution >= 0.6 is 15.9 Å². The summed E-state index contributed by atoms with van der Waals surface area (Å²) < 4.78 is 0. The van der Waals surface area contributed by atoms with Crippen LogP contribution in [0.1, 0.15) is 85.0 Å². The SMILES string of the molecule is CC[C@H]1CC(Br)[C@H]2[C@@H]3CCC4CCCC[C@]4(C)[C@H]3CC[C@]12C. The molecule has 0 aromatic carbocycles. The molecule has 0 aromatic rings. The van der Waals surface area contributed by atoms with Gasteiger partial charge in [0.15, 0.2) is 0 Å². The summed E-state index contributed by atoms with van der Waals surface area (Å²) in [6.07, 6.45) is 15.1. The van der Waals surface area contributed by atoms with Crippen molar-refractivity contribution in [3.63, 3.8) is 0 Å². The van der Waals surface area contributed by atoms with Gasteiger partial charge in [-0.3, -0.25) is 0 Å². The summed E-state index contributed by atoms with van der Waals surface area (Å²) in [4.78, 5) is 0.805. The van der Waals surface area contributed by atoms with Crippen molar-refractivity contribution in [2.75, 3.05) is 0 Å². The van der Waals surface area contributed by atoms with Gasteiger partial charge in [-0.05, 0) is 85.4 Å². The molecule has 0 radical (unpaired) electrons. The van der Waals surface area contributed by atoms with E-state index in [1.807, 2.05) is 0 Å². The van der Waals surface area contributed by atoms with E-state index in [1.165, 1.54) is 44.9 Å². The van der Waals surface area contributed by atoms with Crippen LogP contribution in [-0.4, -0.2) is 4.83 Å². The number of alkyl halides is 1. The maximum absolute atomic E-state index is 4.16. The third kappa shape index (κ3) is 2.06. The predicted molar refractivity (Wildman–Crippen MR) is 98.2 cm³/mol. The topological polar surface area (TPSA) is 0 Å². The van der Waals surface area contributed by atoms with Gasteiger partial charge in [-0.15, -0.1) is 0 Å². The van der Waals surface area contributed by atoms with Crippen molar-refractivity contribution < 1.29 is 0 Å². The lowest BCUT2D eigenvalue weighted by molar-refractivity contribution is -0.109. The molecule has 2 unspecified atom stereocenters. The van der Waals surface area contributed by atoms with Crippen LogP contribution in [0, 0.1) is 40.4 Å². The number of rotatable bonds is 1. The molecular formula is C21H35Br. The lowest BCUT2D eigenvalue weighted by Crippen LogP contribution is -2.53. The van der Waals surface area contributed by atoms with E-state index in [4.69, 9.17) is 0 Å². The van der Waals surface area contributed by atoms with Gasteiger partial charge in [0, 0.05) is 4.83 Å². The van der Waals surface area contributed by atoms with E-state index in [0.29, 0.717) is 10.8 Å². The highest BCUT2D eigenvalue weighted by molar-refractivity contribution is 9.09. The van der Waals surface area contributed by atoms with Gasteiger partial charge in [-0.1, -0.05) is 56.0 Å². The Kier molecular flexibility index (Phi) is 3.99. The first-order chi connectivity index (χ1) is 10.5. The van der Waals surface area contributed by atoms with Crippen molar-refractivity contribution in [2.24, 2.45) is 40.4 Å². The van der Waals surface area contributed by atoms with E-state index >= 15 is 0 Å². The summed E-state index contributed by atoms with van der Waals surface area (Å²) in [5, 5.41) is 0. The van der Waals surface area contributed by atoms with Crippen molar-refractivity contribution in [3.05, 3.63) is 0 Å². The summed E-state index contributed by atoms with van der Waals surface area (Å²) in [6.45, 7) is 7.80. The molecule has 0 N–H and O–H groups in total. The Balaban J connectivity index is 1.66. The first-order valence-corrected chi connectivity index (χ1v) is 11.1. The Morgan fingerprint density at radius 1 is 0.955 bits per heavy atom. The van der Waals surface area contributed by atoms with Crippen molar-refractivity contribution in [2.45, 2.75) is 89.8 Å². The smallest absolute Gasteiger partial charge is 0.0184 e. The molecule has 4 aliphatic rings. The van der Waals surface area contributed by atoms with Gasteiger partial charge >= 0.3 is 0 Å². The van der Waals surface area contributed by atoms with Crippen LogP contribution in [0.2, 0.25) is 0 Å². The van der Waals surface area contributed by atoms with Crippen molar-refractivity contribution >= 4 is 15.9 Å². The van der Waals surface area contributed by atoms with Gasteiger partial charge < -0.3 is 0 Å². The lowest BCUT2D eigenvalue weighted by Gasteiger charge is -2.61. The van der Waals surface area contributed by atoms with Gasteiger partial charge in [0.05, 0.1) is 0 Å². The Hall–Kier alpha value is 0.480. The summed E-state index contributed by atoms with van der Waals surface area (Å²) in [5.41, 5.74) is 1.33. The lowest BCUT2D eigenvalue weighted by atomic mass is 9.45. The number of halogens is 1. The monoisotopic (exact) mass is 366 g/mol. The maximum Gasteiger partial charge on any atom is 0.0184 e. The van der Waals surface area contributed by atoms with Crippen LogP contribution in [0.15, 0.2) is 0 Å². The second-order valence-corrected chi connectivity index (χ2v) is 10.9. The largest absolute Gasteiger partial charge is 0.0887 e. The number of fused-ring (bicyclic) bond motifs is 5. The van der Waals surface area contributed by atoms with Crippen molar-refractivity contribution in [3.8, 4) is 0 Å². The van der Waals surface area contributed by atoms with E-state index in [2.05, 4.69) is 36.7 Å². The third-order valence-corrected chi connectivity index (χ3v) is 10.1. The molecule has 126 valence electrons. The maximum atomic E-state index is 4.16. The highest BCUT2D eigenvalue weighted by atomic mass is 79.9. The quantitative estimate of drug-likeness (QED) is 0.446. The van der Waals surface area contributed by atoms with Crippen LogP contribution in [0.3, 0.4) is 0 Å². The Morgan fingerprint density at radius 2 is 1.77 bits per heavy atom. The van der Waals surface area contributed by atoms with Crippen LogP contribution in [0.4, 0.5) is 0 Å². The number of hydrogen-bond donors (Lipinski definition) is 0. The molecule has 0 amide bonds. The molecule has 0 aliphatic heterocycles. The summed E-state index contributed by atoms with van der Waals surface area (Å²) >= 11 is 4.16. The minimum atomic E-state index is 0.641. The van der Waals surface area contributed by atoms with Gasteiger partial charge in [0.2, 0.25) is 0 Å². The van der Waals surface area contributed by atoms with E-state index in [-0.39, 0.29) is 0 Å². The molecule has 4 aliphatic carbocycles. The second kappa shape index (κ2) is 5.50. The molecular weight excluding hydrogens is 332 g/mol. The molecule has 0 aromatic heterocycles. The molecule has 0 heterocycles. The third-order valence-electron chi connectivity index (χ3n) is 9.20.